The predicted molar refractivity (Wildman–Crippen MR) is 81.0 cm³/mol. The molecule has 0 saturated heterocycles. The standard InChI is InChI=1S/C17H23NO2/c1-4-9-18-11-17-14(3)10-15(20-17)12-19-16-8-6-5-7-13(16)2/h5-8,10,18H,4,9,11-12H2,1-3H3. The van der Waals surface area contributed by atoms with Gasteiger partial charge in [0.05, 0.1) is 6.54 Å². The van der Waals surface area contributed by atoms with E-state index in [1.165, 1.54) is 5.56 Å². The zero-order valence-electron chi connectivity index (χ0n) is 12.5. The van der Waals surface area contributed by atoms with Gasteiger partial charge in [0.25, 0.3) is 0 Å². The summed E-state index contributed by atoms with van der Waals surface area (Å²) in [6.45, 7) is 8.54. The second-order valence-electron chi connectivity index (χ2n) is 5.05. The zero-order chi connectivity index (χ0) is 14.4. The van der Waals surface area contributed by atoms with E-state index in [2.05, 4.69) is 25.2 Å². The Morgan fingerprint density at radius 2 is 1.95 bits per heavy atom. The Morgan fingerprint density at radius 3 is 2.70 bits per heavy atom. The second-order valence-corrected chi connectivity index (χ2v) is 5.05. The molecule has 2 rings (SSSR count). The lowest BCUT2D eigenvalue weighted by Crippen LogP contribution is -2.13. The minimum atomic E-state index is 0.472. The number of aryl methyl sites for hydroxylation is 2. The molecule has 0 saturated carbocycles. The van der Waals surface area contributed by atoms with Gasteiger partial charge in [-0.15, -0.1) is 0 Å². The van der Waals surface area contributed by atoms with E-state index in [-0.39, 0.29) is 0 Å². The zero-order valence-corrected chi connectivity index (χ0v) is 12.5. The number of hydrogen-bond donors (Lipinski definition) is 1. The van der Waals surface area contributed by atoms with Gasteiger partial charge in [-0.2, -0.15) is 0 Å². The monoisotopic (exact) mass is 273 g/mol. The molecule has 0 aliphatic rings. The molecule has 3 heteroatoms. The average Bonchev–Trinajstić information content (AvgIpc) is 2.79. The third kappa shape index (κ3) is 3.87. The molecule has 2 aromatic rings. The van der Waals surface area contributed by atoms with Gasteiger partial charge in [-0.25, -0.2) is 0 Å². The van der Waals surface area contributed by atoms with E-state index < -0.39 is 0 Å². The number of ether oxygens (including phenoxy) is 1. The van der Waals surface area contributed by atoms with E-state index in [9.17, 15) is 0 Å². The van der Waals surface area contributed by atoms with Gasteiger partial charge in [-0.1, -0.05) is 25.1 Å². The normalized spacial score (nSPS) is 10.8. The molecule has 0 radical (unpaired) electrons. The molecule has 108 valence electrons. The molecular formula is C17H23NO2. The van der Waals surface area contributed by atoms with E-state index in [0.29, 0.717) is 6.61 Å². The lowest BCUT2D eigenvalue weighted by atomic mass is 10.2. The molecule has 0 amide bonds. The molecule has 0 fully saturated rings. The summed E-state index contributed by atoms with van der Waals surface area (Å²) in [6.07, 6.45) is 1.13. The third-order valence-electron chi connectivity index (χ3n) is 3.25. The second kappa shape index (κ2) is 7.15. The summed E-state index contributed by atoms with van der Waals surface area (Å²) >= 11 is 0. The average molecular weight is 273 g/mol. The Bertz CT molecular complexity index is 546. The van der Waals surface area contributed by atoms with Gasteiger partial charge in [-0.05, 0) is 50.1 Å². The molecule has 20 heavy (non-hydrogen) atoms. The van der Waals surface area contributed by atoms with E-state index in [4.69, 9.17) is 9.15 Å². The van der Waals surface area contributed by atoms with Crippen LogP contribution in [0.2, 0.25) is 0 Å². The van der Waals surface area contributed by atoms with E-state index in [1.807, 2.05) is 31.2 Å². The van der Waals surface area contributed by atoms with Crippen molar-refractivity contribution in [1.82, 2.24) is 5.32 Å². The summed E-state index contributed by atoms with van der Waals surface area (Å²) in [6, 6.07) is 10.1. The van der Waals surface area contributed by atoms with Crippen molar-refractivity contribution in [2.75, 3.05) is 6.54 Å². The minimum absolute atomic E-state index is 0.472. The molecule has 0 bridgehead atoms. The molecule has 0 unspecified atom stereocenters. The highest BCUT2D eigenvalue weighted by Crippen LogP contribution is 2.20. The highest BCUT2D eigenvalue weighted by atomic mass is 16.5. The summed E-state index contributed by atoms with van der Waals surface area (Å²) in [5.74, 6) is 2.79. The van der Waals surface area contributed by atoms with Gasteiger partial charge in [0, 0.05) is 0 Å². The first-order valence-electron chi connectivity index (χ1n) is 7.18. The van der Waals surface area contributed by atoms with E-state index in [0.717, 1.165) is 42.3 Å². The van der Waals surface area contributed by atoms with Crippen LogP contribution in [0.25, 0.3) is 0 Å². The van der Waals surface area contributed by atoms with Crippen LogP contribution in [0.3, 0.4) is 0 Å². The van der Waals surface area contributed by atoms with Gasteiger partial charge >= 0.3 is 0 Å². The predicted octanol–water partition coefficient (Wildman–Crippen LogP) is 3.98. The van der Waals surface area contributed by atoms with Crippen molar-refractivity contribution < 1.29 is 9.15 Å². The molecule has 1 aromatic heterocycles. The first-order chi connectivity index (χ1) is 9.70. The van der Waals surface area contributed by atoms with Gasteiger partial charge < -0.3 is 14.5 Å². The lowest BCUT2D eigenvalue weighted by molar-refractivity contribution is 0.263. The van der Waals surface area contributed by atoms with Crippen LogP contribution in [0.4, 0.5) is 0 Å². The van der Waals surface area contributed by atoms with Crippen LogP contribution in [0.5, 0.6) is 5.75 Å². The maximum absolute atomic E-state index is 5.84. The molecule has 3 nitrogen and oxygen atoms in total. The van der Waals surface area contributed by atoms with Gasteiger partial charge in [0.2, 0.25) is 0 Å². The molecule has 0 atom stereocenters. The Kier molecular flexibility index (Phi) is 5.24. The van der Waals surface area contributed by atoms with Crippen LogP contribution in [0.15, 0.2) is 34.7 Å². The quantitative estimate of drug-likeness (QED) is 0.775. The highest BCUT2D eigenvalue weighted by molar-refractivity contribution is 5.32. The van der Waals surface area contributed by atoms with Crippen molar-refractivity contribution in [3.63, 3.8) is 0 Å². The Morgan fingerprint density at radius 1 is 1.15 bits per heavy atom. The topological polar surface area (TPSA) is 34.4 Å². The summed E-state index contributed by atoms with van der Waals surface area (Å²) < 4.78 is 11.6. The highest BCUT2D eigenvalue weighted by Gasteiger charge is 2.08. The number of hydrogen-bond acceptors (Lipinski definition) is 3. The van der Waals surface area contributed by atoms with Gasteiger partial charge in [-0.3, -0.25) is 0 Å². The van der Waals surface area contributed by atoms with E-state index >= 15 is 0 Å². The molecule has 0 spiro atoms. The van der Waals surface area contributed by atoms with Crippen LogP contribution in [-0.4, -0.2) is 6.54 Å². The number of furan rings is 1. The fourth-order valence-electron chi connectivity index (χ4n) is 2.08. The maximum Gasteiger partial charge on any atom is 0.146 e. The van der Waals surface area contributed by atoms with Gasteiger partial charge in [0.1, 0.15) is 23.9 Å². The first kappa shape index (κ1) is 14.7. The Balaban J connectivity index is 1.93. The number of para-hydroxylation sites is 1. The van der Waals surface area contributed by atoms with Gasteiger partial charge in [0.15, 0.2) is 0 Å². The molecular weight excluding hydrogens is 250 g/mol. The maximum atomic E-state index is 5.84. The van der Waals surface area contributed by atoms with Crippen molar-refractivity contribution in [3.8, 4) is 5.75 Å². The van der Waals surface area contributed by atoms with Crippen molar-refractivity contribution >= 4 is 0 Å². The summed E-state index contributed by atoms with van der Waals surface area (Å²) in [4.78, 5) is 0. The van der Waals surface area contributed by atoms with Crippen LogP contribution < -0.4 is 10.1 Å². The first-order valence-corrected chi connectivity index (χ1v) is 7.18. The Labute approximate surface area is 121 Å². The molecule has 0 aliphatic heterocycles. The number of benzene rings is 1. The molecule has 1 heterocycles. The fourth-order valence-corrected chi connectivity index (χ4v) is 2.08. The smallest absolute Gasteiger partial charge is 0.146 e. The third-order valence-corrected chi connectivity index (χ3v) is 3.25. The van der Waals surface area contributed by atoms with Crippen molar-refractivity contribution in [2.24, 2.45) is 0 Å². The van der Waals surface area contributed by atoms with Crippen LogP contribution >= 0.6 is 0 Å². The molecule has 1 N–H and O–H groups in total. The lowest BCUT2D eigenvalue weighted by Gasteiger charge is -2.06. The molecule has 0 aliphatic carbocycles. The summed E-state index contributed by atoms with van der Waals surface area (Å²) in [5.41, 5.74) is 2.32. The SMILES string of the molecule is CCCNCc1oc(COc2ccccc2C)cc1C. The Hall–Kier alpha value is -1.74. The van der Waals surface area contributed by atoms with Crippen molar-refractivity contribution in [2.45, 2.75) is 40.3 Å². The summed E-state index contributed by atoms with van der Waals surface area (Å²) in [7, 11) is 0. The molecule has 1 aromatic carbocycles. The van der Waals surface area contributed by atoms with Crippen molar-refractivity contribution in [1.29, 1.82) is 0 Å². The van der Waals surface area contributed by atoms with Crippen LogP contribution in [0, 0.1) is 13.8 Å². The van der Waals surface area contributed by atoms with Crippen LogP contribution in [-0.2, 0) is 13.2 Å². The minimum Gasteiger partial charge on any atom is -0.485 e. The van der Waals surface area contributed by atoms with E-state index in [1.54, 1.807) is 0 Å². The fraction of sp³-hybridized carbons (Fsp3) is 0.412. The number of nitrogens with one attached hydrogen (secondary N) is 1. The number of rotatable bonds is 7. The largest absolute Gasteiger partial charge is 0.485 e. The summed E-state index contributed by atoms with van der Waals surface area (Å²) in [5, 5.41) is 3.35. The van der Waals surface area contributed by atoms with Crippen molar-refractivity contribution in [3.05, 3.63) is 53.0 Å². The van der Waals surface area contributed by atoms with Crippen LogP contribution in [0.1, 0.15) is 36.0 Å².